The van der Waals surface area contributed by atoms with Gasteiger partial charge in [-0.2, -0.15) is 0 Å². The highest BCUT2D eigenvalue weighted by Crippen LogP contribution is 2.19. The zero-order valence-electron chi connectivity index (χ0n) is 10.6. The van der Waals surface area contributed by atoms with Crippen LogP contribution in [0.2, 0.25) is 0 Å². The molecule has 6 heteroatoms. The molecule has 0 unspecified atom stereocenters. The third-order valence-corrected chi connectivity index (χ3v) is 2.90. The summed E-state index contributed by atoms with van der Waals surface area (Å²) in [6, 6.07) is 5.69. The lowest BCUT2D eigenvalue weighted by Crippen LogP contribution is -2.14. The van der Waals surface area contributed by atoms with E-state index in [-0.39, 0.29) is 11.6 Å². The van der Waals surface area contributed by atoms with Crippen molar-refractivity contribution in [3.05, 3.63) is 46.3 Å². The van der Waals surface area contributed by atoms with Gasteiger partial charge in [0, 0.05) is 17.2 Å². The van der Waals surface area contributed by atoms with E-state index in [2.05, 4.69) is 36.5 Å². The normalized spacial score (nSPS) is 10.1. The van der Waals surface area contributed by atoms with Crippen LogP contribution in [0, 0.1) is 6.92 Å². The second kappa shape index (κ2) is 5.79. The monoisotopic (exact) mass is 320 g/mol. The van der Waals surface area contributed by atoms with Crippen LogP contribution in [0.4, 0.5) is 11.5 Å². The summed E-state index contributed by atoms with van der Waals surface area (Å²) in [5.74, 6) is 0.336. The van der Waals surface area contributed by atoms with Crippen LogP contribution in [0.3, 0.4) is 0 Å². The Labute approximate surface area is 119 Å². The quantitative estimate of drug-likeness (QED) is 0.912. The molecule has 2 rings (SSSR count). The van der Waals surface area contributed by atoms with Crippen LogP contribution >= 0.6 is 15.9 Å². The lowest BCUT2D eigenvalue weighted by atomic mass is 10.2. The van der Waals surface area contributed by atoms with Crippen LogP contribution in [0.15, 0.2) is 35.1 Å². The Morgan fingerprint density at radius 3 is 2.58 bits per heavy atom. The molecule has 19 heavy (non-hydrogen) atoms. The SMILES string of the molecule is CNc1cnc(C(=O)Nc2cc(C)cc(Br)c2)cn1. The van der Waals surface area contributed by atoms with Gasteiger partial charge in [0.25, 0.3) is 5.91 Å². The highest BCUT2D eigenvalue weighted by molar-refractivity contribution is 9.10. The summed E-state index contributed by atoms with van der Waals surface area (Å²) in [6.45, 7) is 1.96. The van der Waals surface area contributed by atoms with Gasteiger partial charge in [0.05, 0.1) is 12.4 Å². The fourth-order valence-electron chi connectivity index (χ4n) is 1.58. The molecule has 2 N–H and O–H groups in total. The lowest BCUT2D eigenvalue weighted by molar-refractivity contribution is 0.102. The van der Waals surface area contributed by atoms with Crippen molar-refractivity contribution in [1.82, 2.24) is 9.97 Å². The summed E-state index contributed by atoms with van der Waals surface area (Å²) >= 11 is 3.39. The predicted molar refractivity (Wildman–Crippen MR) is 78.4 cm³/mol. The predicted octanol–water partition coefficient (Wildman–Crippen LogP) is 2.84. The maximum absolute atomic E-state index is 12.0. The van der Waals surface area contributed by atoms with Gasteiger partial charge in [-0.1, -0.05) is 15.9 Å². The Morgan fingerprint density at radius 1 is 1.21 bits per heavy atom. The van der Waals surface area contributed by atoms with E-state index in [0.29, 0.717) is 5.82 Å². The molecule has 0 atom stereocenters. The fourth-order valence-corrected chi connectivity index (χ4v) is 2.19. The maximum atomic E-state index is 12.0. The first-order valence-electron chi connectivity index (χ1n) is 5.67. The molecule has 0 saturated carbocycles. The van der Waals surface area contributed by atoms with Crippen molar-refractivity contribution in [2.75, 3.05) is 17.7 Å². The number of benzene rings is 1. The lowest BCUT2D eigenvalue weighted by Gasteiger charge is -2.06. The number of carbonyl (C=O) groups is 1. The summed E-state index contributed by atoms with van der Waals surface area (Å²) in [5, 5.41) is 5.63. The number of aromatic nitrogens is 2. The molecule has 98 valence electrons. The molecule has 0 aliphatic heterocycles. The highest BCUT2D eigenvalue weighted by atomic mass is 79.9. The number of nitrogens with zero attached hydrogens (tertiary/aromatic N) is 2. The number of nitrogens with one attached hydrogen (secondary N) is 2. The van der Waals surface area contributed by atoms with E-state index in [9.17, 15) is 4.79 Å². The van der Waals surface area contributed by atoms with E-state index in [1.807, 2.05) is 25.1 Å². The first kappa shape index (κ1) is 13.5. The summed E-state index contributed by atoms with van der Waals surface area (Å²) in [6.07, 6.45) is 2.95. The molecule has 0 aliphatic carbocycles. The number of halogens is 1. The third-order valence-electron chi connectivity index (χ3n) is 2.44. The summed E-state index contributed by atoms with van der Waals surface area (Å²) < 4.78 is 0.916. The first-order valence-corrected chi connectivity index (χ1v) is 6.46. The zero-order chi connectivity index (χ0) is 13.8. The molecule has 1 heterocycles. The van der Waals surface area contributed by atoms with Crippen molar-refractivity contribution in [2.24, 2.45) is 0 Å². The Hall–Kier alpha value is -1.95. The number of anilines is 2. The Balaban J connectivity index is 2.15. The molecule has 0 bridgehead atoms. The molecule has 1 aromatic carbocycles. The van der Waals surface area contributed by atoms with E-state index in [1.54, 1.807) is 7.05 Å². The number of amides is 1. The van der Waals surface area contributed by atoms with E-state index >= 15 is 0 Å². The van der Waals surface area contributed by atoms with Crippen LogP contribution in [-0.4, -0.2) is 22.9 Å². The Kier molecular flexibility index (Phi) is 4.11. The number of carbonyl (C=O) groups excluding carboxylic acids is 1. The van der Waals surface area contributed by atoms with Crippen LogP contribution in [-0.2, 0) is 0 Å². The molecule has 0 spiro atoms. The molecule has 0 saturated heterocycles. The summed E-state index contributed by atoms with van der Waals surface area (Å²) in [7, 11) is 1.74. The van der Waals surface area contributed by atoms with Gasteiger partial charge in [0.2, 0.25) is 0 Å². The van der Waals surface area contributed by atoms with E-state index in [0.717, 1.165) is 15.7 Å². The molecule has 0 aliphatic rings. The van der Waals surface area contributed by atoms with E-state index in [4.69, 9.17) is 0 Å². The summed E-state index contributed by atoms with van der Waals surface area (Å²) in [5.41, 5.74) is 2.05. The Morgan fingerprint density at radius 2 is 2.00 bits per heavy atom. The molecule has 1 amide bonds. The second-order valence-electron chi connectivity index (χ2n) is 4.01. The van der Waals surface area contributed by atoms with Crippen LogP contribution in [0.5, 0.6) is 0 Å². The van der Waals surface area contributed by atoms with Gasteiger partial charge in [-0.3, -0.25) is 4.79 Å². The van der Waals surface area contributed by atoms with Crippen LogP contribution < -0.4 is 10.6 Å². The smallest absolute Gasteiger partial charge is 0.275 e. The first-order chi connectivity index (χ1) is 9.08. The largest absolute Gasteiger partial charge is 0.372 e. The van der Waals surface area contributed by atoms with Gasteiger partial charge in [-0.25, -0.2) is 9.97 Å². The molecule has 5 nitrogen and oxygen atoms in total. The van der Waals surface area contributed by atoms with Crippen LogP contribution in [0.25, 0.3) is 0 Å². The number of hydrogen-bond acceptors (Lipinski definition) is 4. The second-order valence-corrected chi connectivity index (χ2v) is 4.92. The van der Waals surface area contributed by atoms with Gasteiger partial charge in [-0.05, 0) is 30.7 Å². The maximum Gasteiger partial charge on any atom is 0.275 e. The van der Waals surface area contributed by atoms with Crippen LogP contribution in [0.1, 0.15) is 16.1 Å². The average Bonchev–Trinajstić information content (AvgIpc) is 2.37. The average molecular weight is 321 g/mol. The standard InChI is InChI=1S/C13H13BrN4O/c1-8-3-9(14)5-10(4-8)18-13(19)11-6-17-12(15-2)7-16-11/h3-7H,1-2H3,(H,15,17)(H,18,19). The van der Waals surface area contributed by atoms with Gasteiger partial charge < -0.3 is 10.6 Å². The van der Waals surface area contributed by atoms with Crippen molar-refractivity contribution in [2.45, 2.75) is 6.92 Å². The number of aryl methyl sites for hydroxylation is 1. The van der Waals surface area contributed by atoms with Gasteiger partial charge >= 0.3 is 0 Å². The minimum Gasteiger partial charge on any atom is -0.372 e. The topological polar surface area (TPSA) is 66.9 Å². The van der Waals surface area contributed by atoms with Gasteiger partial charge in [0.1, 0.15) is 11.5 Å². The summed E-state index contributed by atoms with van der Waals surface area (Å²) in [4.78, 5) is 20.1. The molecule has 0 radical (unpaired) electrons. The van der Waals surface area contributed by atoms with Crippen molar-refractivity contribution in [3.63, 3.8) is 0 Å². The zero-order valence-corrected chi connectivity index (χ0v) is 12.2. The molecular formula is C13H13BrN4O. The van der Waals surface area contributed by atoms with E-state index < -0.39 is 0 Å². The van der Waals surface area contributed by atoms with Crippen molar-refractivity contribution in [1.29, 1.82) is 0 Å². The number of hydrogen-bond donors (Lipinski definition) is 2. The molecule has 2 aromatic rings. The van der Waals surface area contributed by atoms with Crippen molar-refractivity contribution in [3.8, 4) is 0 Å². The molecule has 0 fully saturated rings. The number of rotatable bonds is 3. The van der Waals surface area contributed by atoms with Gasteiger partial charge in [-0.15, -0.1) is 0 Å². The molecular weight excluding hydrogens is 308 g/mol. The fraction of sp³-hybridized carbons (Fsp3) is 0.154. The van der Waals surface area contributed by atoms with Gasteiger partial charge in [0.15, 0.2) is 0 Å². The molecule has 1 aromatic heterocycles. The minimum absolute atomic E-state index is 0.275. The van der Waals surface area contributed by atoms with Crippen molar-refractivity contribution >= 4 is 33.3 Å². The Bertz CT molecular complexity index is 578. The third kappa shape index (κ3) is 3.51. The minimum atomic E-state index is -0.285. The highest BCUT2D eigenvalue weighted by Gasteiger charge is 2.08. The van der Waals surface area contributed by atoms with Crippen molar-refractivity contribution < 1.29 is 4.79 Å². The van der Waals surface area contributed by atoms with E-state index in [1.165, 1.54) is 12.4 Å².